The van der Waals surface area contributed by atoms with Gasteiger partial charge in [0.1, 0.15) is 0 Å². The van der Waals surface area contributed by atoms with E-state index < -0.39 is 0 Å². The van der Waals surface area contributed by atoms with Gasteiger partial charge in [0.2, 0.25) is 0 Å². The van der Waals surface area contributed by atoms with Crippen LogP contribution in [0.5, 0.6) is 0 Å². The van der Waals surface area contributed by atoms with E-state index in [1.807, 2.05) is 6.08 Å². The van der Waals surface area contributed by atoms with E-state index in [4.69, 9.17) is 10.3 Å². The molecule has 1 aromatic heterocycles. The third-order valence-corrected chi connectivity index (χ3v) is 4.03. The van der Waals surface area contributed by atoms with Gasteiger partial charge in [-0.05, 0) is 44.4 Å². The van der Waals surface area contributed by atoms with Gasteiger partial charge in [0.05, 0.1) is 5.54 Å². The van der Waals surface area contributed by atoms with Gasteiger partial charge < -0.3 is 10.3 Å². The van der Waals surface area contributed by atoms with Gasteiger partial charge >= 0.3 is 0 Å². The van der Waals surface area contributed by atoms with Gasteiger partial charge in [-0.3, -0.25) is 0 Å². The zero-order chi connectivity index (χ0) is 11.9. The Labute approximate surface area is 113 Å². The predicted octanol–water partition coefficient (Wildman–Crippen LogP) is 3.03. The predicted molar refractivity (Wildman–Crippen MR) is 72.3 cm³/mol. The lowest BCUT2D eigenvalue weighted by Gasteiger charge is -2.34. The first-order valence-electron chi connectivity index (χ1n) is 6.48. The molecule has 2 N–H and O–H groups in total. The lowest BCUT2D eigenvalue weighted by Crippen LogP contribution is -2.44. The highest BCUT2D eigenvalue weighted by Crippen LogP contribution is 2.37. The van der Waals surface area contributed by atoms with Crippen molar-refractivity contribution in [1.29, 1.82) is 0 Å². The van der Waals surface area contributed by atoms with Gasteiger partial charge in [0.25, 0.3) is 5.89 Å². The van der Waals surface area contributed by atoms with Crippen LogP contribution in [0.2, 0.25) is 0 Å². The molecule has 0 amide bonds. The molecule has 100 valence electrons. The number of hydrogen-bond donors (Lipinski definition) is 1. The quantitative estimate of drug-likeness (QED) is 0.896. The number of allylic oxidation sites excluding steroid dienone is 1. The van der Waals surface area contributed by atoms with E-state index in [0.29, 0.717) is 11.7 Å². The fraction of sp³-hybridized carbons (Fsp3) is 0.692. The third kappa shape index (κ3) is 2.45. The van der Waals surface area contributed by atoms with Crippen molar-refractivity contribution in [2.24, 2.45) is 11.7 Å². The molecule has 0 aromatic carbocycles. The molecule has 2 saturated carbocycles. The lowest BCUT2D eigenvalue weighted by atomic mass is 9.77. The summed E-state index contributed by atoms with van der Waals surface area (Å²) in [6.45, 7) is 2.28. The van der Waals surface area contributed by atoms with Gasteiger partial charge in [-0.2, -0.15) is 4.98 Å². The van der Waals surface area contributed by atoms with Crippen molar-refractivity contribution in [2.45, 2.75) is 51.0 Å². The molecule has 4 nitrogen and oxygen atoms in total. The Morgan fingerprint density at radius 1 is 1.44 bits per heavy atom. The summed E-state index contributed by atoms with van der Waals surface area (Å²) in [5.74, 6) is 2.10. The maximum atomic E-state index is 6.16. The molecule has 2 fully saturated rings. The van der Waals surface area contributed by atoms with Gasteiger partial charge in [-0.15, -0.1) is 12.4 Å². The van der Waals surface area contributed by atoms with Gasteiger partial charge in [0, 0.05) is 6.08 Å². The fourth-order valence-corrected chi connectivity index (χ4v) is 2.67. The summed E-state index contributed by atoms with van der Waals surface area (Å²) in [4.78, 5) is 4.41. The maximum absolute atomic E-state index is 6.16. The van der Waals surface area contributed by atoms with Crippen LogP contribution in [0.15, 0.2) is 10.1 Å². The minimum atomic E-state index is -0.316. The van der Waals surface area contributed by atoms with Crippen LogP contribution in [0.3, 0.4) is 0 Å². The Kier molecular flexibility index (Phi) is 3.78. The van der Waals surface area contributed by atoms with Crippen molar-refractivity contribution < 1.29 is 4.52 Å². The SMILES string of the molecule is CC1CC/C(=C/c2nc(C3(N)CCC3)no2)C1.Cl. The van der Waals surface area contributed by atoms with Gasteiger partial charge in [0.15, 0.2) is 5.82 Å². The summed E-state index contributed by atoms with van der Waals surface area (Å²) in [6, 6.07) is 0. The highest BCUT2D eigenvalue weighted by molar-refractivity contribution is 5.85. The molecule has 3 rings (SSSR count). The van der Waals surface area contributed by atoms with Crippen LogP contribution < -0.4 is 5.73 Å². The molecule has 1 unspecified atom stereocenters. The first-order chi connectivity index (χ1) is 8.16. The number of rotatable bonds is 2. The lowest BCUT2D eigenvalue weighted by molar-refractivity contribution is 0.229. The maximum Gasteiger partial charge on any atom is 0.250 e. The minimum absolute atomic E-state index is 0. The fourth-order valence-electron chi connectivity index (χ4n) is 2.67. The van der Waals surface area contributed by atoms with Crippen LogP contribution in [0.4, 0.5) is 0 Å². The second-order valence-corrected chi connectivity index (χ2v) is 5.62. The van der Waals surface area contributed by atoms with E-state index in [9.17, 15) is 0 Å². The first kappa shape index (κ1) is 13.6. The second kappa shape index (κ2) is 5.02. The molecule has 0 bridgehead atoms. The van der Waals surface area contributed by atoms with Crippen molar-refractivity contribution in [2.75, 3.05) is 0 Å². The van der Waals surface area contributed by atoms with Gasteiger partial charge in [-0.1, -0.05) is 17.7 Å². The Morgan fingerprint density at radius 2 is 2.22 bits per heavy atom. The molecule has 0 saturated heterocycles. The Bertz CT molecular complexity index is 451. The molecule has 5 heteroatoms. The average molecular weight is 270 g/mol. The van der Waals surface area contributed by atoms with Crippen molar-refractivity contribution in [3.63, 3.8) is 0 Å². The molecular weight excluding hydrogens is 250 g/mol. The third-order valence-electron chi connectivity index (χ3n) is 4.03. The van der Waals surface area contributed by atoms with Crippen molar-refractivity contribution >= 4 is 18.5 Å². The summed E-state index contributed by atoms with van der Waals surface area (Å²) in [7, 11) is 0. The first-order valence-corrected chi connectivity index (χ1v) is 6.48. The number of nitrogens with two attached hydrogens (primary N) is 1. The van der Waals surface area contributed by atoms with Crippen LogP contribution in [0.25, 0.3) is 6.08 Å². The summed E-state index contributed by atoms with van der Waals surface area (Å²) in [5, 5.41) is 4.02. The van der Waals surface area contributed by atoms with Crippen molar-refractivity contribution in [3.05, 3.63) is 17.3 Å². The van der Waals surface area contributed by atoms with Gasteiger partial charge in [-0.25, -0.2) is 0 Å². The molecule has 1 aromatic rings. The molecule has 0 aliphatic heterocycles. The molecule has 2 aliphatic rings. The highest BCUT2D eigenvalue weighted by Gasteiger charge is 2.38. The average Bonchev–Trinajstić information content (AvgIpc) is 2.85. The van der Waals surface area contributed by atoms with E-state index in [0.717, 1.165) is 31.6 Å². The highest BCUT2D eigenvalue weighted by atomic mass is 35.5. The Morgan fingerprint density at radius 3 is 2.78 bits per heavy atom. The van der Waals surface area contributed by atoms with E-state index in [-0.39, 0.29) is 17.9 Å². The number of hydrogen-bond acceptors (Lipinski definition) is 4. The number of nitrogens with zero attached hydrogens (tertiary/aromatic N) is 2. The van der Waals surface area contributed by atoms with E-state index in [1.165, 1.54) is 18.4 Å². The summed E-state index contributed by atoms with van der Waals surface area (Å²) in [6.07, 6.45) is 8.74. The molecule has 2 aliphatic carbocycles. The molecular formula is C13H20ClN3O. The second-order valence-electron chi connectivity index (χ2n) is 5.62. The summed E-state index contributed by atoms with van der Waals surface area (Å²) in [5.41, 5.74) is 7.27. The van der Waals surface area contributed by atoms with Crippen molar-refractivity contribution in [3.8, 4) is 0 Å². The Balaban J connectivity index is 0.00000120. The van der Waals surface area contributed by atoms with E-state index in [1.54, 1.807) is 0 Å². The molecule has 1 atom stereocenters. The number of halogens is 1. The topological polar surface area (TPSA) is 64.9 Å². The summed E-state index contributed by atoms with van der Waals surface area (Å²) >= 11 is 0. The van der Waals surface area contributed by atoms with Crippen LogP contribution in [0, 0.1) is 5.92 Å². The van der Waals surface area contributed by atoms with Crippen LogP contribution in [0.1, 0.15) is 57.2 Å². The molecule has 1 heterocycles. The normalized spacial score (nSPS) is 27.9. The summed E-state index contributed by atoms with van der Waals surface area (Å²) < 4.78 is 5.27. The van der Waals surface area contributed by atoms with Crippen LogP contribution in [-0.4, -0.2) is 10.1 Å². The van der Waals surface area contributed by atoms with E-state index in [2.05, 4.69) is 17.1 Å². The van der Waals surface area contributed by atoms with Crippen LogP contribution >= 0.6 is 12.4 Å². The number of aromatic nitrogens is 2. The monoisotopic (exact) mass is 269 g/mol. The zero-order valence-electron chi connectivity index (χ0n) is 10.7. The smallest absolute Gasteiger partial charge is 0.250 e. The zero-order valence-corrected chi connectivity index (χ0v) is 11.5. The molecule has 0 spiro atoms. The molecule has 0 radical (unpaired) electrons. The Hall–Kier alpha value is -0.870. The van der Waals surface area contributed by atoms with E-state index >= 15 is 0 Å². The van der Waals surface area contributed by atoms with Crippen molar-refractivity contribution in [1.82, 2.24) is 10.1 Å². The molecule has 18 heavy (non-hydrogen) atoms. The largest absolute Gasteiger partial charge is 0.335 e. The standard InChI is InChI=1S/C13H19N3O.ClH/c1-9-3-4-10(7-9)8-11-15-12(16-17-11)13(14)5-2-6-13;/h8-9H,2-7,14H2,1H3;1H/b10-8-;. The minimum Gasteiger partial charge on any atom is -0.335 e. The van der Waals surface area contributed by atoms with Crippen LogP contribution in [-0.2, 0) is 5.54 Å².